The first-order valence-corrected chi connectivity index (χ1v) is 11.0. The summed E-state index contributed by atoms with van der Waals surface area (Å²) in [5, 5.41) is 14.1. The van der Waals surface area contributed by atoms with Crippen molar-refractivity contribution in [3.05, 3.63) is 65.7 Å². The predicted octanol–water partition coefficient (Wildman–Crippen LogP) is 3.91. The van der Waals surface area contributed by atoms with Gasteiger partial charge in [-0.05, 0) is 43.2 Å². The Balaban J connectivity index is 1.57. The highest BCUT2D eigenvalue weighted by Gasteiger charge is 2.16. The normalized spacial score (nSPS) is 10.7. The molecule has 1 heterocycles. The second-order valence-electron chi connectivity index (χ2n) is 6.74. The van der Waals surface area contributed by atoms with Crippen LogP contribution in [0.15, 0.2) is 53.7 Å². The molecule has 0 aliphatic heterocycles. The van der Waals surface area contributed by atoms with Gasteiger partial charge in [-0.2, -0.15) is 0 Å². The van der Waals surface area contributed by atoms with Crippen LogP contribution in [0.2, 0.25) is 0 Å². The Morgan fingerprint density at radius 3 is 2.42 bits per heavy atom. The number of carbonyl (C=O) groups is 2. The van der Waals surface area contributed by atoms with E-state index in [1.165, 1.54) is 29.5 Å². The third-order valence-electron chi connectivity index (χ3n) is 4.55. The third-order valence-corrected chi connectivity index (χ3v) is 5.52. The number of benzene rings is 2. The zero-order valence-corrected chi connectivity index (χ0v) is 18.2. The Kier molecular flexibility index (Phi) is 7.77. The first kappa shape index (κ1) is 22.5. The van der Waals surface area contributed by atoms with Crippen LogP contribution < -0.4 is 10.6 Å². The fourth-order valence-electron chi connectivity index (χ4n) is 2.93. The van der Waals surface area contributed by atoms with Gasteiger partial charge in [-0.25, -0.2) is 4.39 Å². The summed E-state index contributed by atoms with van der Waals surface area (Å²) in [5.74, 6) is -0.431. The van der Waals surface area contributed by atoms with Gasteiger partial charge < -0.3 is 15.2 Å². The summed E-state index contributed by atoms with van der Waals surface area (Å²) in [7, 11) is 0. The van der Waals surface area contributed by atoms with Gasteiger partial charge in [0.05, 0.1) is 17.9 Å². The fourth-order valence-corrected chi connectivity index (χ4v) is 3.75. The number of aromatic nitrogens is 3. The molecule has 0 spiro atoms. The summed E-state index contributed by atoms with van der Waals surface area (Å²) in [4.78, 5) is 24.6. The lowest BCUT2D eigenvalue weighted by molar-refractivity contribution is -0.116. The number of halogens is 1. The quantitative estimate of drug-likeness (QED) is 0.492. The van der Waals surface area contributed by atoms with Crippen molar-refractivity contribution in [1.29, 1.82) is 0 Å². The molecule has 162 valence electrons. The number of para-hydroxylation sites is 1. The molecule has 9 heteroatoms. The van der Waals surface area contributed by atoms with Gasteiger partial charge in [-0.3, -0.25) is 9.59 Å². The summed E-state index contributed by atoms with van der Waals surface area (Å²) in [5.41, 5.74) is 2.06. The van der Waals surface area contributed by atoms with E-state index in [2.05, 4.69) is 27.8 Å². The lowest BCUT2D eigenvalue weighted by Crippen LogP contribution is -2.18. The molecule has 3 aromatic rings. The number of anilines is 2. The van der Waals surface area contributed by atoms with Crippen LogP contribution >= 0.6 is 11.8 Å². The van der Waals surface area contributed by atoms with Gasteiger partial charge in [0.1, 0.15) is 11.6 Å². The number of carbonyl (C=O) groups excluding carboxylic acids is 2. The molecule has 0 bridgehead atoms. The van der Waals surface area contributed by atoms with E-state index < -0.39 is 11.7 Å². The van der Waals surface area contributed by atoms with Crippen molar-refractivity contribution in [3.63, 3.8) is 0 Å². The SMILES string of the molecule is CCc1ccc(NC(=O)CSc2nnc(CC(=O)Nc3ccccc3F)n2CC)cc1. The summed E-state index contributed by atoms with van der Waals surface area (Å²) in [6.45, 7) is 4.52. The molecule has 0 fully saturated rings. The Bertz CT molecular complexity index is 1050. The van der Waals surface area contributed by atoms with E-state index in [0.717, 1.165) is 12.1 Å². The number of rotatable bonds is 9. The molecule has 0 saturated heterocycles. The fraction of sp³-hybridized carbons (Fsp3) is 0.273. The van der Waals surface area contributed by atoms with Crippen LogP contribution in [-0.2, 0) is 29.0 Å². The van der Waals surface area contributed by atoms with Crippen LogP contribution in [0, 0.1) is 5.82 Å². The van der Waals surface area contributed by atoms with Crippen LogP contribution in [0.1, 0.15) is 25.2 Å². The Morgan fingerprint density at radius 2 is 1.74 bits per heavy atom. The second kappa shape index (κ2) is 10.7. The molecule has 0 unspecified atom stereocenters. The van der Waals surface area contributed by atoms with Gasteiger partial charge >= 0.3 is 0 Å². The Hall–Kier alpha value is -3.20. The van der Waals surface area contributed by atoms with Gasteiger partial charge in [0.2, 0.25) is 11.8 Å². The number of hydrogen-bond acceptors (Lipinski definition) is 5. The van der Waals surface area contributed by atoms with Gasteiger partial charge in [0.15, 0.2) is 5.16 Å². The molecule has 2 aromatic carbocycles. The van der Waals surface area contributed by atoms with Crippen molar-refractivity contribution in [1.82, 2.24) is 14.8 Å². The van der Waals surface area contributed by atoms with Crippen LogP contribution in [0.3, 0.4) is 0 Å². The largest absolute Gasteiger partial charge is 0.325 e. The number of nitrogens with one attached hydrogen (secondary N) is 2. The molecule has 7 nitrogen and oxygen atoms in total. The maximum atomic E-state index is 13.7. The van der Waals surface area contributed by atoms with E-state index >= 15 is 0 Å². The maximum absolute atomic E-state index is 13.7. The maximum Gasteiger partial charge on any atom is 0.234 e. The first-order chi connectivity index (χ1) is 15.0. The number of thioether (sulfide) groups is 1. The minimum Gasteiger partial charge on any atom is -0.325 e. The smallest absolute Gasteiger partial charge is 0.234 e. The number of amides is 2. The number of aryl methyl sites for hydroxylation is 1. The third kappa shape index (κ3) is 6.14. The van der Waals surface area contributed by atoms with E-state index in [1.807, 2.05) is 31.2 Å². The Morgan fingerprint density at radius 1 is 1.00 bits per heavy atom. The molecular formula is C22H24FN5O2S. The van der Waals surface area contributed by atoms with Gasteiger partial charge in [-0.15, -0.1) is 10.2 Å². The Labute approximate surface area is 184 Å². The molecule has 0 aliphatic carbocycles. The molecule has 0 atom stereocenters. The van der Waals surface area contributed by atoms with E-state index in [-0.39, 0.29) is 23.8 Å². The molecule has 0 radical (unpaired) electrons. The van der Waals surface area contributed by atoms with Gasteiger partial charge in [0, 0.05) is 12.2 Å². The van der Waals surface area contributed by atoms with Gasteiger partial charge in [-0.1, -0.05) is 43.0 Å². The van der Waals surface area contributed by atoms with E-state index in [0.29, 0.717) is 17.5 Å². The standard InChI is InChI=1S/C22H24FN5O2S/c1-3-15-9-11-16(12-10-15)24-21(30)14-31-22-27-26-19(28(22)4-2)13-20(29)25-18-8-6-5-7-17(18)23/h5-12H,3-4,13-14H2,1-2H3,(H,24,30)(H,25,29). The van der Waals surface area contributed by atoms with Crippen molar-refractivity contribution in [2.45, 2.75) is 38.4 Å². The number of hydrogen-bond donors (Lipinski definition) is 2. The molecule has 0 saturated carbocycles. The average Bonchev–Trinajstić information content (AvgIpc) is 3.15. The predicted molar refractivity (Wildman–Crippen MR) is 120 cm³/mol. The molecule has 2 N–H and O–H groups in total. The van der Waals surface area contributed by atoms with Crippen molar-refractivity contribution in [2.75, 3.05) is 16.4 Å². The van der Waals surface area contributed by atoms with Crippen molar-refractivity contribution < 1.29 is 14.0 Å². The monoisotopic (exact) mass is 441 g/mol. The van der Waals surface area contributed by atoms with Crippen LogP contribution in [0.25, 0.3) is 0 Å². The summed E-state index contributed by atoms with van der Waals surface area (Å²) < 4.78 is 15.5. The molecule has 2 amide bonds. The summed E-state index contributed by atoms with van der Waals surface area (Å²) >= 11 is 1.25. The zero-order chi connectivity index (χ0) is 22.2. The molecule has 3 rings (SSSR count). The zero-order valence-electron chi connectivity index (χ0n) is 17.4. The highest BCUT2D eigenvalue weighted by Crippen LogP contribution is 2.19. The van der Waals surface area contributed by atoms with Crippen LogP contribution in [0.4, 0.5) is 15.8 Å². The number of nitrogens with zero attached hydrogens (tertiary/aromatic N) is 3. The lowest BCUT2D eigenvalue weighted by atomic mass is 10.1. The van der Waals surface area contributed by atoms with Gasteiger partial charge in [0.25, 0.3) is 0 Å². The van der Waals surface area contributed by atoms with Crippen molar-refractivity contribution >= 4 is 35.0 Å². The average molecular weight is 442 g/mol. The summed E-state index contributed by atoms with van der Waals surface area (Å²) in [6, 6.07) is 13.7. The van der Waals surface area contributed by atoms with Crippen molar-refractivity contribution in [2.24, 2.45) is 0 Å². The topological polar surface area (TPSA) is 88.9 Å². The molecule has 0 aliphatic rings. The van der Waals surface area contributed by atoms with E-state index in [9.17, 15) is 14.0 Å². The van der Waals surface area contributed by atoms with E-state index in [1.54, 1.807) is 16.7 Å². The van der Waals surface area contributed by atoms with Crippen LogP contribution in [0.5, 0.6) is 0 Å². The molecule has 31 heavy (non-hydrogen) atoms. The first-order valence-electron chi connectivity index (χ1n) is 9.98. The highest BCUT2D eigenvalue weighted by atomic mass is 32.2. The van der Waals surface area contributed by atoms with Crippen LogP contribution in [-0.4, -0.2) is 32.3 Å². The lowest BCUT2D eigenvalue weighted by Gasteiger charge is -2.09. The van der Waals surface area contributed by atoms with E-state index in [4.69, 9.17) is 0 Å². The minimum atomic E-state index is -0.501. The second-order valence-corrected chi connectivity index (χ2v) is 7.68. The van der Waals surface area contributed by atoms with Crippen molar-refractivity contribution in [3.8, 4) is 0 Å². The highest BCUT2D eigenvalue weighted by molar-refractivity contribution is 7.99. The molecular weight excluding hydrogens is 417 g/mol. The minimum absolute atomic E-state index is 0.0499. The molecule has 1 aromatic heterocycles. The summed E-state index contributed by atoms with van der Waals surface area (Å²) in [6.07, 6.45) is 0.892.